The zero-order valence-corrected chi connectivity index (χ0v) is 19.1. The van der Waals surface area contributed by atoms with Gasteiger partial charge in [0, 0.05) is 5.56 Å². The summed E-state index contributed by atoms with van der Waals surface area (Å²) in [5.41, 5.74) is 2.41. The molecule has 1 N–H and O–H groups in total. The standard InChI is InChI=1S/C25H16ClFN4O2S/c26-21-4-2-1-3-19(21)24-30-31-22(28)20(23(32)29-25(31)34-24)13-15-7-11-18(12-8-15)33-14-16-5-9-17(27)10-6-16/h1-13,28H,14H2. The van der Waals surface area contributed by atoms with Gasteiger partial charge in [-0.15, -0.1) is 0 Å². The molecule has 0 aromatic heterocycles. The first kappa shape index (κ1) is 22.1. The molecule has 0 bridgehead atoms. The Morgan fingerprint density at radius 2 is 1.79 bits per heavy atom. The number of aliphatic imine (C=N–C) groups is 1. The van der Waals surface area contributed by atoms with Crippen molar-refractivity contribution in [1.82, 2.24) is 5.01 Å². The zero-order chi connectivity index (χ0) is 23.7. The van der Waals surface area contributed by atoms with Gasteiger partial charge in [0.1, 0.15) is 23.2 Å². The molecule has 34 heavy (non-hydrogen) atoms. The van der Waals surface area contributed by atoms with Gasteiger partial charge in [-0.25, -0.2) is 4.39 Å². The van der Waals surface area contributed by atoms with Crippen LogP contribution in [-0.2, 0) is 11.4 Å². The summed E-state index contributed by atoms with van der Waals surface area (Å²) < 4.78 is 18.7. The number of hydrazone groups is 1. The maximum atomic E-state index is 13.0. The van der Waals surface area contributed by atoms with Crippen LogP contribution in [0.25, 0.3) is 6.08 Å². The molecule has 0 unspecified atom stereocenters. The van der Waals surface area contributed by atoms with E-state index in [4.69, 9.17) is 21.7 Å². The summed E-state index contributed by atoms with van der Waals surface area (Å²) in [6.45, 7) is 0.305. The highest BCUT2D eigenvalue weighted by molar-refractivity contribution is 8.27. The normalized spacial score (nSPS) is 16.4. The first-order valence-corrected chi connectivity index (χ1v) is 11.4. The van der Waals surface area contributed by atoms with Gasteiger partial charge in [0.15, 0.2) is 5.84 Å². The number of rotatable bonds is 5. The van der Waals surface area contributed by atoms with E-state index < -0.39 is 5.91 Å². The first-order valence-electron chi connectivity index (χ1n) is 10.2. The number of amidine groups is 2. The molecular formula is C25H16ClFN4O2S. The molecule has 0 radical (unpaired) electrons. The highest BCUT2D eigenvalue weighted by Crippen LogP contribution is 2.33. The lowest BCUT2D eigenvalue weighted by Crippen LogP contribution is -2.35. The number of benzene rings is 3. The smallest absolute Gasteiger partial charge is 0.283 e. The van der Waals surface area contributed by atoms with Gasteiger partial charge >= 0.3 is 0 Å². The number of hydrogen-bond acceptors (Lipinski definition) is 5. The molecule has 2 aliphatic rings. The minimum Gasteiger partial charge on any atom is -0.489 e. The number of carbonyl (C=O) groups excluding carboxylic acids is 1. The van der Waals surface area contributed by atoms with Crippen molar-refractivity contribution >= 4 is 51.4 Å². The Morgan fingerprint density at radius 1 is 1.06 bits per heavy atom. The number of fused-ring (bicyclic) bond motifs is 1. The van der Waals surface area contributed by atoms with Crippen molar-refractivity contribution in [3.8, 4) is 5.75 Å². The number of thioether (sulfide) groups is 1. The van der Waals surface area contributed by atoms with Gasteiger partial charge in [-0.3, -0.25) is 10.2 Å². The maximum absolute atomic E-state index is 13.0. The van der Waals surface area contributed by atoms with E-state index in [2.05, 4.69) is 10.1 Å². The van der Waals surface area contributed by atoms with Crippen LogP contribution < -0.4 is 4.74 Å². The highest BCUT2D eigenvalue weighted by atomic mass is 35.5. The predicted octanol–water partition coefficient (Wildman–Crippen LogP) is 5.73. The number of amides is 1. The van der Waals surface area contributed by atoms with Crippen LogP contribution >= 0.6 is 23.4 Å². The Balaban J connectivity index is 1.32. The number of carbonyl (C=O) groups is 1. The fourth-order valence-corrected chi connectivity index (χ4v) is 4.52. The summed E-state index contributed by atoms with van der Waals surface area (Å²) in [7, 11) is 0. The van der Waals surface area contributed by atoms with Gasteiger partial charge < -0.3 is 4.74 Å². The van der Waals surface area contributed by atoms with Crippen LogP contribution in [-0.4, -0.2) is 27.0 Å². The summed E-state index contributed by atoms with van der Waals surface area (Å²) in [4.78, 5) is 16.8. The molecule has 3 aromatic rings. The van der Waals surface area contributed by atoms with E-state index in [1.807, 2.05) is 18.2 Å². The summed E-state index contributed by atoms with van der Waals surface area (Å²) in [6, 6.07) is 20.5. The molecule has 0 fully saturated rings. The van der Waals surface area contributed by atoms with Crippen molar-refractivity contribution in [3.63, 3.8) is 0 Å². The minimum absolute atomic E-state index is 0.0545. The summed E-state index contributed by atoms with van der Waals surface area (Å²) >= 11 is 7.47. The van der Waals surface area contributed by atoms with Gasteiger partial charge in [0.05, 0.1) is 10.6 Å². The van der Waals surface area contributed by atoms with E-state index in [0.29, 0.717) is 38.7 Å². The van der Waals surface area contributed by atoms with Crippen molar-refractivity contribution in [2.45, 2.75) is 6.61 Å². The van der Waals surface area contributed by atoms with Gasteiger partial charge in [-0.05, 0) is 59.3 Å². The van der Waals surface area contributed by atoms with Crippen molar-refractivity contribution in [3.05, 3.63) is 106 Å². The number of ether oxygens (including phenoxy) is 1. The van der Waals surface area contributed by atoms with Crippen LogP contribution in [0, 0.1) is 11.2 Å². The average Bonchev–Trinajstić information content (AvgIpc) is 3.26. The van der Waals surface area contributed by atoms with Crippen LogP contribution in [0.2, 0.25) is 5.02 Å². The second kappa shape index (κ2) is 9.24. The zero-order valence-electron chi connectivity index (χ0n) is 17.5. The van der Waals surface area contributed by atoms with Crippen LogP contribution in [0.4, 0.5) is 4.39 Å². The van der Waals surface area contributed by atoms with Gasteiger partial charge in [-0.2, -0.15) is 15.1 Å². The monoisotopic (exact) mass is 490 g/mol. The highest BCUT2D eigenvalue weighted by Gasteiger charge is 2.36. The third-order valence-corrected chi connectivity index (χ3v) is 6.34. The molecule has 168 valence electrons. The summed E-state index contributed by atoms with van der Waals surface area (Å²) in [5.74, 6) is -0.224. The van der Waals surface area contributed by atoms with E-state index in [1.165, 1.54) is 28.9 Å². The molecule has 6 nitrogen and oxygen atoms in total. The Labute approximate surface area is 203 Å². The lowest BCUT2D eigenvalue weighted by molar-refractivity contribution is -0.114. The predicted molar refractivity (Wildman–Crippen MR) is 133 cm³/mol. The second-order valence-corrected chi connectivity index (χ2v) is 8.75. The van der Waals surface area contributed by atoms with Crippen molar-refractivity contribution in [2.75, 3.05) is 0 Å². The minimum atomic E-state index is -0.504. The number of nitrogens with zero attached hydrogens (tertiary/aromatic N) is 3. The molecule has 0 spiro atoms. The van der Waals surface area contributed by atoms with Gasteiger partial charge in [-0.1, -0.05) is 54.1 Å². The van der Waals surface area contributed by atoms with E-state index in [9.17, 15) is 9.18 Å². The number of hydrogen-bond donors (Lipinski definition) is 1. The van der Waals surface area contributed by atoms with E-state index in [0.717, 1.165) is 5.56 Å². The molecule has 2 heterocycles. The fraction of sp³-hybridized carbons (Fsp3) is 0.0400. The quantitative estimate of drug-likeness (QED) is 0.463. The molecule has 3 aromatic carbocycles. The Morgan fingerprint density at radius 3 is 2.53 bits per heavy atom. The maximum Gasteiger partial charge on any atom is 0.283 e. The molecule has 1 amide bonds. The molecule has 9 heteroatoms. The Kier molecular flexibility index (Phi) is 6.00. The SMILES string of the molecule is N=C1C(=Cc2ccc(OCc3ccc(F)cc3)cc2)C(=O)N=C2SC(c3ccccc3Cl)=NN12. The number of halogens is 2. The van der Waals surface area contributed by atoms with Crippen LogP contribution in [0.1, 0.15) is 16.7 Å². The third kappa shape index (κ3) is 4.50. The molecule has 0 atom stereocenters. The second-order valence-electron chi connectivity index (χ2n) is 7.39. The van der Waals surface area contributed by atoms with E-state index >= 15 is 0 Å². The molecule has 0 saturated carbocycles. The Bertz CT molecular complexity index is 1380. The molecular weight excluding hydrogens is 475 g/mol. The van der Waals surface area contributed by atoms with Gasteiger partial charge in [0.2, 0.25) is 5.17 Å². The van der Waals surface area contributed by atoms with Gasteiger partial charge in [0.25, 0.3) is 5.91 Å². The lowest BCUT2D eigenvalue weighted by atomic mass is 10.1. The average molecular weight is 491 g/mol. The van der Waals surface area contributed by atoms with E-state index in [-0.39, 0.29) is 17.2 Å². The van der Waals surface area contributed by atoms with Crippen LogP contribution in [0.5, 0.6) is 5.75 Å². The number of nitrogens with one attached hydrogen (secondary N) is 1. The summed E-state index contributed by atoms with van der Waals surface area (Å²) in [6.07, 6.45) is 1.60. The van der Waals surface area contributed by atoms with Crippen molar-refractivity contribution < 1.29 is 13.9 Å². The fourth-order valence-electron chi connectivity index (χ4n) is 3.31. The molecule has 0 aliphatic carbocycles. The third-order valence-electron chi connectivity index (χ3n) is 5.07. The largest absolute Gasteiger partial charge is 0.489 e. The molecule has 0 saturated heterocycles. The lowest BCUT2D eigenvalue weighted by Gasteiger charge is -2.20. The van der Waals surface area contributed by atoms with Crippen LogP contribution in [0.3, 0.4) is 0 Å². The van der Waals surface area contributed by atoms with Crippen molar-refractivity contribution in [2.24, 2.45) is 10.1 Å². The van der Waals surface area contributed by atoms with E-state index in [1.54, 1.807) is 48.5 Å². The molecule has 2 aliphatic heterocycles. The molecule has 5 rings (SSSR count). The van der Waals surface area contributed by atoms with Crippen LogP contribution in [0.15, 0.2) is 88.5 Å². The first-order chi connectivity index (χ1) is 16.5. The summed E-state index contributed by atoms with van der Waals surface area (Å²) in [5, 5.41) is 15.8. The topological polar surface area (TPSA) is 78.1 Å². The Hall–Kier alpha value is -3.75. The van der Waals surface area contributed by atoms with Crippen molar-refractivity contribution in [1.29, 1.82) is 5.41 Å².